The molecule has 0 radical (unpaired) electrons. The van der Waals surface area contributed by atoms with Crippen LogP contribution in [0.3, 0.4) is 0 Å². The number of rotatable bonds is 4. The standard InChI is InChI=1S/C20H16N2O4/c1-25-17-7-11(8-18(26-2)19(17)23)16-9-13(20(24)22-16)14-10-21-15-6-4-3-5-12(14)15/h3-10,21,23H,1-2H3. The summed E-state index contributed by atoms with van der Waals surface area (Å²) in [6.07, 6.45) is 3.55. The van der Waals surface area contributed by atoms with E-state index >= 15 is 0 Å². The molecule has 0 spiro atoms. The van der Waals surface area contributed by atoms with Gasteiger partial charge in [-0.2, -0.15) is 0 Å². The first kappa shape index (κ1) is 16.0. The van der Waals surface area contributed by atoms with Gasteiger partial charge in [-0.3, -0.25) is 4.79 Å². The lowest BCUT2D eigenvalue weighted by Crippen LogP contribution is -1.98. The lowest BCUT2D eigenvalue weighted by atomic mass is 10.0. The van der Waals surface area contributed by atoms with Crippen LogP contribution in [0, 0.1) is 0 Å². The molecule has 0 unspecified atom stereocenters. The fourth-order valence-corrected chi connectivity index (χ4v) is 3.08. The Kier molecular flexibility index (Phi) is 3.73. The zero-order chi connectivity index (χ0) is 18.3. The molecular formula is C20H16N2O4. The highest BCUT2D eigenvalue weighted by atomic mass is 16.5. The second kappa shape index (κ2) is 6.07. The normalized spacial score (nSPS) is 13.7. The van der Waals surface area contributed by atoms with Gasteiger partial charge in [0.2, 0.25) is 5.75 Å². The van der Waals surface area contributed by atoms with Crippen LogP contribution < -0.4 is 9.47 Å². The molecule has 1 amide bonds. The predicted octanol–water partition coefficient (Wildman–Crippen LogP) is 3.30. The maximum absolute atomic E-state index is 12.5. The van der Waals surface area contributed by atoms with Crippen molar-refractivity contribution in [3.05, 3.63) is 59.8 Å². The number of hydrogen-bond donors (Lipinski definition) is 2. The quantitative estimate of drug-likeness (QED) is 0.758. The number of aliphatic imine (C=N–C) groups is 1. The third kappa shape index (κ3) is 2.43. The van der Waals surface area contributed by atoms with Crippen LogP contribution in [0.25, 0.3) is 16.5 Å². The van der Waals surface area contributed by atoms with Gasteiger partial charge in [-0.15, -0.1) is 0 Å². The number of para-hydroxylation sites is 1. The number of carbonyl (C=O) groups is 1. The molecule has 6 nitrogen and oxygen atoms in total. The Morgan fingerprint density at radius 2 is 1.77 bits per heavy atom. The Morgan fingerprint density at radius 1 is 1.08 bits per heavy atom. The fourth-order valence-electron chi connectivity index (χ4n) is 3.08. The second-order valence-electron chi connectivity index (χ2n) is 5.84. The number of ether oxygens (including phenoxy) is 2. The Hall–Kier alpha value is -3.54. The molecule has 1 aromatic heterocycles. The van der Waals surface area contributed by atoms with Crippen molar-refractivity contribution < 1.29 is 19.4 Å². The molecule has 0 bridgehead atoms. The van der Waals surface area contributed by atoms with Gasteiger partial charge in [0.25, 0.3) is 5.91 Å². The minimum atomic E-state index is -0.309. The third-order valence-electron chi connectivity index (χ3n) is 4.39. The highest BCUT2D eigenvalue weighted by Crippen LogP contribution is 2.38. The average Bonchev–Trinajstić information content (AvgIpc) is 3.25. The maximum atomic E-state index is 12.5. The number of aromatic nitrogens is 1. The summed E-state index contributed by atoms with van der Waals surface area (Å²) in [6.45, 7) is 0. The number of fused-ring (bicyclic) bond motifs is 1. The van der Waals surface area contributed by atoms with Crippen LogP contribution in [0.1, 0.15) is 11.1 Å². The molecule has 0 saturated carbocycles. The lowest BCUT2D eigenvalue weighted by molar-refractivity contribution is -0.112. The number of nitrogens with zero attached hydrogens (tertiary/aromatic N) is 1. The van der Waals surface area contributed by atoms with Gasteiger partial charge in [0.05, 0.1) is 25.5 Å². The molecule has 0 atom stereocenters. The molecule has 0 aliphatic carbocycles. The van der Waals surface area contributed by atoms with Crippen LogP contribution in [0.4, 0.5) is 0 Å². The van der Waals surface area contributed by atoms with Crippen LogP contribution in [0.15, 0.2) is 53.7 Å². The molecule has 2 N–H and O–H groups in total. The molecule has 6 heteroatoms. The van der Waals surface area contributed by atoms with Gasteiger partial charge in [-0.25, -0.2) is 4.99 Å². The van der Waals surface area contributed by atoms with Crippen LogP contribution >= 0.6 is 0 Å². The van der Waals surface area contributed by atoms with E-state index in [2.05, 4.69) is 9.98 Å². The van der Waals surface area contributed by atoms with Gasteiger partial charge >= 0.3 is 0 Å². The largest absolute Gasteiger partial charge is 0.502 e. The van der Waals surface area contributed by atoms with Crippen molar-refractivity contribution in [3.63, 3.8) is 0 Å². The summed E-state index contributed by atoms with van der Waals surface area (Å²) in [5.74, 6) is 0.104. The Morgan fingerprint density at radius 3 is 2.46 bits per heavy atom. The first-order valence-corrected chi connectivity index (χ1v) is 7.99. The summed E-state index contributed by atoms with van der Waals surface area (Å²) in [5, 5.41) is 11.0. The number of phenolic OH excluding ortho intramolecular Hbond substituents is 1. The zero-order valence-electron chi connectivity index (χ0n) is 14.2. The van der Waals surface area contributed by atoms with E-state index in [0.717, 1.165) is 16.5 Å². The Labute approximate surface area is 149 Å². The van der Waals surface area contributed by atoms with E-state index < -0.39 is 0 Å². The van der Waals surface area contributed by atoms with E-state index in [1.165, 1.54) is 14.2 Å². The number of nitrogens with one attached hydrogen (secondary N) is 1. The van der Waals surface area contributed by atoms with Crippen molar-refractivity contribution >= 4 is 28.1 Å². The fraction of sp³-hybridized carbons (Fsp3) is 0.100. The van der Waals surface area contributed by atoms with E-state index in [9.17, 15) is 9.90 Å². The van der Waals surface area contributed by atoms with Crippen molar-refractivity contribution in [1.29, 1.82) is 0 Å². The average molecular weight is 348 g/mol. The minimum absolute atomic E-state index is 0.0931. The number of benzene rings is 2. The summed E-state index contributed by atoms with van der Waals surface area (Å²) < 4.78 is 10.4. The molecule has 2 aromatic carbocycles. The first-order valence-electron chi connectivity index (χ1n) is 7.99. The smallest absolute Gasteiger partial charge is 0.278 e. The van der Waals surface area contributed by atoms with Gasteiger partial charge < -0.3 is 19.6 Å². The molecule has 2 heterocycles. The molecule has 0 saturated heterocycles. The van der Waals surface area contributed by atoms with Gasteiger partial charge in [0.1, 0.15) is 0 Å². The van der Waals surface area contributed by atoms with Gasteiger partial charge in [-0.05, 0) is 24.3 Å². The number of phenols is 1. The van der Waals surface area contributed by atoms with E-state index in [-0.39, 0.29) is 23.2 Å². The maximum Gasteiger partial charge on any atom is 0.278 e. The number of hydrogen-bond acceptors (Lipinski definition) is 4. The molecule has 1 aliphatic rings. The topological polar surface area (TPSA) is 83.9 Å². The molecular weight excluding hydrogens is 332 g/mol. The number of methoxy groups -OCH3 is 2. The van der Waals surface area contributed by atoms with Crippen molar-refractivity contribution in [2.24, 2.45) is 4.99 Å². The SMILES string of the molecule is COc1cc(C2=NC(=O)C(c3c[nH]c4ccccc34)=C2)cc(OC)c1O. The van der Waals surface area contributed by atoms with Crippen molar-refractivity contribution in [2.45, 2.75) is 0 Å². The number of carbonyl (C=O) groups excluding carboxylic acids is 1. The third-order valence-corrected chi connectivity index (χ3v) is 4.39. The number of allylic oxidation sites excluding steroid dienone is 1. The second-order valence-corrected chi connectivity index (χ2v) is 5.84. The van der Waals surface area contributed by atoms with Crippen LogP contribution in [0.2, 0.25) is 0 Å². The first-order chi connectivity index (χ1) is 12.6. The lowest BCUT2D eigenvalue weighted by Gasteiger charge is -2.10. The van der Waals surface area contributed by atoms with Crippen molar-refractivity contribution in [1.82, 2.24) is 4.98 Å². The van der Waals surface area contributed by atoms with Gasteiger partial charge in [0, 0.05) is 28.2 Å². The van der Waals surface area contributed by atoms with Crippen molar-refractivity contribution in [2.75, 3.05) is 14.2 Å². The highest BCUT2D eigenvalue weighted by Gasteiger charge is 2.24. The Balaban J connectivity index is 1.80. The summed E-state index contributed by atoms with van der Waals surface area (Å²) in [7, 11) is 2.90. The van der Waals surface area contributed by atoms with Gasteiger partial charge in [-0.1, -0.05) is 18.2 Å². The van der Waals surface area contributed by atoms with E-state index in [1.54, 1.807) is 18.2 Å². The summed E-state index contributed by atoms with van der Waals surface area (Å²) in [5.41, 5.74) is 3.40. The molecule has 4 rings (SSSR count). The van der Waals surface area contributed by atoms with E-state index in [0.29, 0.717) is 16.8 Å². The van der Waals surface area contributed by atoms with Crippen LogP contribution in [-0.2, 0) is 4.79 Å². The number of H-pyrrole nitrogens is 1. The number of aromatic hydroxyl groups is 1. The van der Waals surface area contributed by atoms with E-state index in [4.69, 9.17) is 9.47 Å². The van der Waals surface area contributed by atoms with E-state index in [1.807, 2.05) is 30.5 Å². The van der Waals surface area contributed by atoms with Crippen molar-refractivity contribution in [3.8, 4) is 17.2 Å². The highest BCUT2D eigenvalue weighted by molar-refractivity contribution is 6.37. The predicted molar refractivity (Wildman–Crippen MR) is 99.0 cm³/mol. The minimum Gasteiger partial charge on any atom is -0.502 e. The summed E-state index contributed by atoms with van der Waals surface area (Å²) >= 11 is 0. The summed E-state index contributed by atoms with van der Waals surface area (Å²) in [4.78, 5) is 19.8. The molecule has 26 heavy (non-hydrogen) atoms. The number of aromatic amines is 1. The van der Waals surface area contributed by atoms with Crippen LogP contribution in [0.5, 0.6) is 17.2 Å². The molecule has 3 aromatic rings. The van der Waals surface area contributed by atoms with Gasteiger partial charge in [0.15, 0.2) is 11.5 Å². The van der Waals surface area contributed by atoms with Crippen LogP contribution in [-0.4, -0.2) is 35.9 Å². The summed E-state index contributed by atoms with van der Waals surface area (Å²) in [6, 6.07) is 11.0. The molecule has 130 valence electrons. The monoisotopic (exact) mass is 348 g/mol. The Bertz CT molecular complexity index is 1070. The molecule has 1 aliphatic heterocycles. The number of amides is 1. The molecule has 0 fully saturated rings. The zero-order valence-corrected chi connectivity index (χ0v) is 14.2.